The molecular formula is C12H22N2O3. The molecule has 98 valence electrons. The number of hydrogen-bond donors (Lipinski definition) is 1. The summed E-state index contributed by atoms with van der Waals surface area (Å²) in [6.45, 7) is 7.56. The van der Waals surface area contributed by atoms with Gasteiger partial charge in [-0.05, 0) is 33.6 Å². The Morgan fingerprint density at radius 1 is 1.47 bits per heavy atom. The minimum Gasteiger partial charge on any atom is -0.481 e. The van der Waals surface area contributed by atoms with Gasteiger partial charge in [0, 0.05) is 25.7 Å². The van der Waals surface area contributed by atoms with E-state index in [1.54, 1.807) is 9.80 Å². The summed E-state index contributed by atoms with van der Waals surface area (Å²) in [5.41, 5.74) is 0. The van der Waals surface area contributed by atoms with E-state index in [-0.39, 0.29) is 12.1 Å². The van der Waals surface area contributed by atoms with Gasteiger partial charge in [-0.15, -0.1) is 0 Å². The van der Waals surface area contributed by atoms with Crippen molar-refractivity contribution in [2.24, 2.45) is 5.92 Å². The Balaban J connectivity index is 2.65. The highest BCUT2D eigenvalue weighted by atomic mass is 16.4. The summed E-state index contributed by atoms with van der Waals surface area (Å²) in [6.07, 6.45) is 1.45. The van der Waals surface area contributed by atoms with Crippen molar-refractivity contribution < 1.29 is 14.7 Å². The van der Waals surface area contributed by atoms with Crippen LogP contribution >= 0.6 is 0 Å². The van der Waals surface area contributed by atoms with Crippen LogP contribution in [0.15, 0.2) is 0 Å². The number of carboxylic acid groups (broad SMARTS) is 1. The normalized spacial score (nSPS) is 20.5. The summed E-state index contributed by atoms with van der Waals surface area (Å²) in [6, 6.07) is 0.117. The monoisotopic (exact) mass is 242 g/mol. The predicted molar refractivity (Wildman–Crippen MR) is 64.8 cm³/mol. The maximum absolute atomic E-state index is 12.2. The first kappa shape index (κ1) is 13.8. The fourth-order valence-corrected chi connectivity index (χ4v) is 2.26. The molecular weight excluding hydrogens is 220 g/mol. The van der Waals surface area contributed by atoms with E-state index in [9.17, 15) is 9.59 Å². The molecule has 1 fully saturated rings. The Kier molecular flexibility index (Phi) is 4.78. The van der Waals surface area contributed by atoms with E-state index >= 15 is 0 Å². The SMILES string of the molecule is CCN(C(=O)N1CCC[C@@H](C(=O)O)C1)C(C)C. The molecule has 1 heterocycles. The van der Waals surface area contributed by atoms with Crippen LogP contribution in [0.4, 0.5) is 4.79 Å². The lowest BCUT2D eigenvalue weighted by atomic mass is 9.98. The van der Waals surface area contributed by atoms with Crippen LogP contribution in [0.5, 0.6) is 0 Å². The summed E-state index contributed by atoms with van der Waals surface area (Å²) in [4.78, 5) is 26.6. The van der Waals surface area contributed by atoms with E-state index in [4.69, 9.17) is 5.11 Å². The van der Waals surface area contributed by atoms with Crippen LogP contribution in [0.25, 0.3) is 0 Å². The van der Waals surface area contributed by atoms with Gasteiger partial charge in [0.1, 0.15) is 0 Å². The van der Waals surface area contributed by atoms with E-state index in [2.05, 4.69) is 0 Å². The predicted octanol–water partition coefficient (Wildman–Crippen LogP) is 1.63. The van der Waals surface area contributed by atoms with Crippen molar-refractivity contribution in [3.63, 3.8) is 0 Å². The fraction of sp³-hybridized carbons (Fsp3) is 0.833. The third kappa shape index (κ3) is 3.35. The van der Waals surface area contributed by atoms with Crippen LogP contribution in [0.1, 0.15) is 33.6 Å². The summed E-state index contributed by atoms with van der Waals surface area (Å²) < 4.78 is 0. The molecule has 0 unspecified atom stereocenters. The highest BCUT2D eigenvalue weighted by Crippen LogP contribution is 2.18. The second-order valence-corrected chi connectivity index (χ2v) is 4.79. The Morgan fingerprint density at radius 2 is 2.12 bits per heavy atom. The maximum atomic E-state index is 12.2. The molecule has 5 nitrogen and oxygen atoms in total. The van der Waals surface area contributed by atoms with Crippen molar-refractivity contribution in [3.8, 4) is 0 Å². The first-order valence-electron chi connectivity index (χ1n) is 6.25. The molecule has 0 saturated carbocycles. The number of nitrogens with zero attached hydrogens (tertiary/aromatic N) is 2. The highest BCUT2D eigenvalue weighted by molar-refractivity contribution is 5.77. The molecule has 2 amide bonds. The number of carbonyl (C=O) groups excluding carboxylic acids is 1. The number of piperidine rings is 1. The van der Waals surface area contributed by atoms with Crippen LogP contribution in [0, 0.1) is 5.92 Å². The zero-order chi connectivity index (χ0) is 13.0. The zero-order valence-electron chi connectivity index (χ0n) is 10.8. The van der Waals surface area contributed by atoms with Gasteiger partial charge in [-0.3, -0.25) is 4.79 Å². The summed E-state index contributed by atoms with van der Waals surface area (Å²) >= 11 is 0. The molecule has 1 atom stereocenters. The van der Waals surface area contributed by atoms with Gasteiger partial charge in [0.15, 0.2) is 0 Å². The zero-order valence-corrected chi connectivity index (χ0v) is 10.8. The fourth-order valence-electron chi connectivity index (χ4n) is 2.26. The average Bonchev–Trinajstić information content (AvgIpc) is 2.29. The summed E-state index contributed by atoms with van der Waals surface area (Å²) in [5.74, 6) is -1.20. The number of urea groups is 1. The molecule has 1 aliphatic rings. The molecule has 1 rings (SSSR count). The third-order valence-corrected chi connectivity index (χ3v) is 3.25. The number of carbonyl (C=O) groups is 2. The van der Waals surface area contributed by atoms with Crippen molar-refractivity contribution in [2.75, 3.05) is 19.6 Å². The van der Waals surface area contributed by atoms with E-state index in [1.807, 2.05) is 20.8 Å². The smallest absolute Gasteiger partial charge is 0.320 e. The molecule has 0 bridgehead atoms. The van der Waals surface area contributed by atoms with E-state index in [0.29, 0.717) is 26.1 Å². The standard InChI is InChI=1S/C12H22N2O3/c1-4-14(9(2)3)12(17)13-7-5-6-10(8-13)11(15)16/h9-10H,4-8H2,1-3H3,(H,15,16)/t10-/m1/s1. The van der Waals surface area contributed by atoms with Gasteiger partial charge in [0.2, 0.25) is 0 Å². The molecule has 0 aromatic carbocycles. The quantitative estimate of drug-likeness (QED) is 0.818. The van der Waals surface area contributed by atoms with Crippen molar-refractivity contribution in [1.82, 2.24) is 9.80 Å². The number of rotatable bonds is 3. The van der Waals surface area contributed by atoms with E-state index in [1.165, 1.54) is 0 Å². The molecule has 1 N–H and O–H groups in total. The van der Waals surface area contributed by atoms with Crippen molar-refractivity contribution in [2.45, 2.75) is 39.7 Å². The number of hydrogen-bond acceptors (Lipinski definition) is 2. The second kappa shape index (κ2) is 5.89. The lowest BCUT2D eigenvalue weighted by molar-refractivity contribution is -0.143. The Hall–Kier alpha value is -1.26. The van der Waals surface area contributed by atoms with Crippen LogP contribution in [0.3, 0.4) is 0 Å². The number of aliphatic carboxylic acids is 1. The van der Waals surface area contributed by atoms with E-state index < -0.39 is 11.9 Å². The number of amides is 2. The van der Waals surface area contributed by atoms with Crippen molar-refractivity contribution in [1.29, 1.82) is 0 Å². The topological polar surface area (TPSA) is 60.9 Å². The minimum absolute atomic E-state index is 0.0338. The van der Waals surface area contributed by atoms with Gasteiger partial charge in [-0.2, -0.15) is 0 Å². The van der Waals surface area contributed by atoms with Crippen LogP contribution in [-0.2, 0) is 4.79 Å². The molecule has 0 aromatic heterocycles. The van der Waals surface area contributed by atoms with Crippen molar-refractivity contribution >= 4 is 12.0 Å². The van der Waals surface area contributed by atoms with Crippen molar-refractivity contribution in [3.05, 3.63) is 0 Å². The van der Waals surface area contributed by atoms with Gasteiger partial charge in [-0.1, -0.05) is 0 Å². The Bertz CT molecular complexity index is 291. The molecule has 0 spiro atoms. The van der Waals surface area contributed by atoms with Crippen LogP contribution in [-0.4, -0.2) is 52.6 Å². The molecule has 0 aromatic rings. The van der Waals surface area contributed by atoms with Gasteiger partial charge in [0.05, 0.1) is 5.92 Å². The van der Waals surface area contributed by atoms with Gasteiger partial charge >= 0.3 is 12.0 Å². The van der Waals surface area contributed by atoms with E-state index in [0.717, 1.165) is 6.42 Å². The number of likely N-dealkylation sites (tertiary alicyclic amines) is 1. The molecule has 17 heavy (non-hydrogen) atoms. The maximum Gasteiger partial charge on any atom is 0.320 e. The average molecular weight is 242 g/mol. The lowest BCUT2D eigenvalue weighted by Gasteiger charge is -2.36. The molecule has 0 aliphatic carbocycles. The molecule has 0 radical (unpaired) electrons. The largest absolute Gasteiger partial charge is 0.481 e. The van der Waals surface area contributed by atoms with Crippen LogP contribution in [0.2, 0.25) is 0 Å². The highest BCUT2D eigenvalue weighted by Gasteiger charge is 2.30. The Morgan fingerprint density at radius 3 is 2.59 bits per heavy atom. The minimum atomic E-state index is -0.796. The molecule has 1 aliphatic heterocycles. The first-order valence-corrected chi connectivity index (χ1v) is 6.25. The first-order chi connectivity index (χ1) is 7.97. The summed E-state index contributed by atoms with van der Waals surface area (Å²) in [5, 5.41) is 8.99. The van der Waals surface area contributed by atoms with Crippen LogP contribution < -0.4 is 0 Å². The lowest BCUT2D eigenvalue weighted by Crippen LogP contribution is -2.50. The number of carboxylic acids is 1. The molecule has 1 saturated heterocycles. The van der Waals surface area contributed by atoms with Gasteiger partial charge in [-0.25, -0.2) is 4.79 Å². The molecule has 5 heteroatoms. The van der Waals surface area contributed by atoms with Gasteiger partial charge < -0.3 is 14.9 Å². The third-order valence-electron chi connectivity index (χ3n) is 3.25. The van der Waals surface area contributed by atoms with Gasteiger partial charge in [0.25, 0.3) is 0 Å². The second-order valence-electron chi connectivity index (χ2n) is 4.79. The summed E-state index contributed by atoms with van der Waals surface area (Å²) in [7, 11) is 0. The Labute approximate surface area is 102 Å².